The summed E-state index contributed by atoms with van der Waals surface area (Å²) in [6.45, 7) is -0.0214. The Labute approximate surface area is 254 Å². The molecule has 0 unspecified atom stereocenters. The quantitative estimate of drug-likeness (QED) is 0.207. The van der Waals surface area contributed by atoms with E-state index in [-0.39, 0.29) is 6.98 Å². The van der Waals surface area contributed by atoms with Gasteiger partial charge in [-0.05, 0) is 71.7 Å². The van der Waals surface area contributed by atoms with Crippen molar-refractivity contribution in [2.45, 2.75) is 0 Å². The van der Waals surface area contributed by atoms with Crippen molar-refractivity contribution in [3.05, 3.63) is 145 Å². The number of hydrogen-bond acceptors (Lipinski definition) is 5. The van der Waals surface area contributed by atoms with Crippen molar-refractivity contribution < 1.29 is 0 Å². The van der Waals surface area contributed by atoms with Gasteiger partial charge in [0, 0.05) is 34.4 Å². The second kappa shape index (κ2) is 9.45. The molecule has 9 rings (SSSR count). The lowest BCUT2D eigenvalue weighted by Gasteiger charge is -2.36. The summed E-state index contributed by atoms with van der Waals surface area (Å²) in [5.74, 6) is 0.778. The molecule has 7 aromatic rings. The molecule has 5 aromatic carbocycles. The maximum atomic E-state index is 9.56. The Morgan fingerprint density at radius 1 is 0.614 bits per heavy atom. The number of hydrogen-bond donors (Lipinski definition) is 0. The monoisotopic (exact) mass is 562 g/mol. The number of nitrogens with zero attached hydrogens (tertiary/aromatic N) is 6. The summed E-state index contributed by atoms with van der Waals surface area (Å²) in [4.78, 5) is 14.4. The second-order valence-electron chi connectivity index (χ2n) is 11.0. The van der Waals surface area contributed by atoms with E-state index in [9.17, 15) is 5.26 Å². The fourth-order valence-electron chi connectivity index (χ4n) is 6.77. The lowest BCUT2D eigenvalue weighted by atomic mass is 9.59. The molecule has 0 radical (unpaired) electrons. The third-order valence-electron chi connectivity index (χ3n) is 8.64. The van der Waals surface area contributed by atoms with E-state index in [0.29, 0.717) is 11.2 Å². The van der Waals surface area contributed by atoms with Crippen molar-refractivity contribution in [2.75, 3.05) is 9.62 Å². The Balaban J connectivity index is 1.20. The van der Waals surface area contributed by atoms with Crippen molar-refractivity contribution in [2.24, 2.45) is 0 Å². The van der Waals surface area contributed by atoms with Crippen LogP contribution in [0.1, 0.15) is 5.56 Å². The Bertz CT molecular complexity index is 2270. The van der Waals surface area contributed by atoms with E-state index in [2.05, 4.69) is 122 Å². The minimum Gasteiger partial charge on any atom is -0.360 e. The van der Waals surface area contributed by atoms with Crippen LogP contribution in [0.5, 0.6) is 0 Å². The number of rotatable bonds is 3. The van der Waals surface area contributed by atoms with Gasteiger partial charge in [0.1, 0.15) is 11.9 Å². The van der Waals surface area contributed by atoms with Gasteiger partial charge in [0.25, 0.3) is 0 Å². The Morgan fingerprint density at radius 2 is 1.27 bits per heavy atom. The maximum absolute atomic E-state index is 9.56. The molecule has 0 aliphatic carbocycles. The molecule has 0 N–H and O–H groups in total. The third kappa shape index (κ3) is 3.49. The summed E-state index contributed by atoms with van der Waals surface area (Å²) >= 11 is 0. The summed E-state index contributed by atoms with van der Waals surface area (Å²) in [6.07, 6.45) is 1.58. The van der Waals surface area contributed by atoms with Crippen LogP contribution < -0.4 is 15.1 Å². The van der Waals surface area contributed by atoms with Crippen molar-refractivity contribution in [1.82, 2.24) is 14.5 Å². The molecule has 4 heterocycles. The smallest absolute Gasteiger partial charge is 0.360 e. The second-order valence-corrected chi connectivity index (χ2v) is 11.0. The maximum Gasteiger partial charge on any atom is 0.421 e. The first-order valence-corrected chi connectivity index (χ1v) is 14.6. The minimum atomic E-state index is -0.0214. The number of anilines is 4. The van der Waals surface area contributed by atoms with Crippen molar-refractivity contribution >= 4 is 46.4 Å². The fourth-order valence-corrected chi connectivity index (χ4v) is 6.77. The van der Waals surface area contributed by atoms with Crippen LogP contribution in [0.4, 0.5) is 22.7 Å². The lowest BCUT2D eigenvalue weighted by Crippen LogP contribution is -2.55. The molecular formula is C37H23BN6. The predicted octanol–water partition coefficient (Wildman–Crippen LogP) is 7.62. The fraction of sp³-hybridized carbons (Fsp3) is 0. The normalized spacial score (nSPS) is 12.8. The van der Waals surface area contributed by atoms with Crippen LogP contribution in [0.3, 0.4) is 0 Å². The predicted molar refractivity (Wildman–Crippen MR) is 177 cm³/mol. The molecule has 204 valence electrons. The van der Waals surface area contributed by atoms with Crippen LogP contribution in [0.15, 0.2) is 140 Å². The summed E-state index contributed by atoms with van der Waals surface area (Å²) in [5, 5.41) is 9.56. The number of nitriles is 1. The first kappa shape index (κ1) is 24.5. The van der Waals surface area contributed by atoms with E-state index < -0.39 is 0 Å². The Kier molecular flexibility index (Phi) is 5.25. The highest BCUT2D eigenvalue weighted by Crippen LogP contribution is 2.50. The summed E-state index contributed by atoms with van der Waals surface area (Å²) in [6, 6.07) is 48.9. The minimum absolute atomic E-state index is 0.0214. The average molecular weight is 562 g/mol. The zero-order valence-corrected chi connectivity index (χ0v) is 23.5. The summed E-state index contributed by atoms with van der Waals surface area (Å²) in [5.41, 5.74) is 12.3. The first-order valence-electron chi connectivity index (χ1n) is 14.6. The zero-order valence-electron chi connectivity index (χ0n) is 23.5. The molecule has 2 aliphatic rings. The number of para-hydroxylation sites is 4. The largest absolute Gasteiger partial charge is 0.421 e. The van der Waals surface area contributed by atoms with E-state index in [1.54, 1.807) is 6.20 Å². The van der Waals surface area contributed by atoms with E-state index in [0.717, 1.165) is 28.3 Å². The summed E-state index contributed by atoms with van der Waals surface area (Å²) in [7, 11) is 0. The van der Waals surface area contributed by atoms with E-state index >= 15 is 0 Å². The molecule has 0 saturated carbocycles. The Morgan fingerprint density at radius 3 is 2.05 bits per heavy atom. The van der Waals surface area contributed by atoms with Gasteiger partial charge in [-0.25, -0.2) is 9.97 Å². The highest BCUT2D eigenvalue weighted by molar-refractivity contribution is 6.86. The molecule has 44 heavy (non-hydrogen) atoms. The van der Waals surface area contributed by atoms with Crippen LogP contribution in [-0.4, -0.2) is 21.5 Å². The van der Waals surface area contributed by atoms with Crippen LogP contribution in [-0.2, 0) is 0 Å². The van der Waals surface area contributed by atoms with Crippen molar-refractivity contribution in [3.8, 4) is 34.3 Å². The highest BCUT2D eigenvalue weighted by Gasteiger charge is 2.47. The van der Waals surface area contributed by atoms with Crippen molar-refractivity contribution in [1.29, 1.82) is 5.26 Å². The van der Waals surface area contributed by atoms with Crippen LogP contribution in [0.25, 0.3) is 39.4 Å². The molecule has 0 atom stereocenters. The van der Waals surface area contributed by atoms with Gasteiger partial charge in [-0.1, -0.05) is 72.8 Å². The first-order chi connectivity index (χ1) is 21.8. The van der Waals surface area contributed by atoms with Gasteiger partial charge in [-0.15, -0.1) is 0 Å². The van der Waals surface area contributed by atoms with Gasteiger partial charge in [-0.2, -0.15) is 5.26 Å². The number of benzene rings is 5. The molecule has 0 amide bonds. The molecule has 7 heteroatoms. The van der Waals surface area contributed by atoms with Gasteiger partial charge >= 0.3 is 6.98 Å². The molecule has 6 nitrogen and oxygen atoms in total. The molecule has 2 aliphatic heterocycles. The van der Waals surface area contributed by atoms with E-state index in [1.807, 2.05) is 36.4 Å². The Hall–Kier alpha value is -6.13. The average Bonchev–Trinajstić information content (AvgIpc) is 3.65. The van der Waals surface area contributed by atoms with E-state index in [1.165, 1.54) is 33.7 Å². The molecule has 0 saturated heterocycles. The highest BCUT2D eigenvalue weighted by atomic mass is 15.3. The number of fused-ring (bicyclic) bond motifs is 9. The molecule has 0 bridgehead atoms. The number of pyridine rings is 1. The van der Waals surface area contributed by atoms with Gasteiger partial charge in [-0.3, -0.25) is 4.57 Å². The van der Waals surface area contributed by atoms with E-state index in [4.69, 9.17) is 4.98 Å². The van der Waals surface area contributed by atoms with Crippen LogP contribution in [0.2, 0.25) is 0 Å². The van der Waals surface area contributed by atoms with Crippen LogP contribution in [0, 0.1) is 11.3 Å². The lowest BCUT2D eigenvalue weighted by molar-refractivity contribution is 1.10. The van der Waals surface area contributed by atoms with Crippen molar-refractivity contribution in [3.63, 3.8) is 0 Å². The third-order valence-corrected chi connectivity index (χ3v) is 8.64. The standard InChI is InChI=1S/C37H23BN6/c39-23-25-22-35-36(40-24-25)41-37(42(35)27-10-2-1-3-11-27)26-18-20-28(21-19-26)43-33-16-8-9-17-34(33)44-32-15-7-5-13-30(32)29-12-4-6-14-31(29)38(43)44/h1-22,24H. The number of aromatic nitrogens is 3. The molecule has 2 aromatic heterocycles. The topological polar surface area (TPSA) is 61.0 Å². The van der Waals surface area contributed by atoms with Crippen LogP contribution >= 0.6 is 0 Å². The zero-order chi connectivity index (χ0) is 29.2. The molecule has 0 spiro atoms. The van der Waals surface area contributed by atoms with Gasteiger partial charge in [0.05, 0.1) is 22.5 Å². The summed E-state index contributed by atoms with van der Waals surface area (Å²) < 4.78 is 2.08. The SMILES string of the molecule is N#Cc1cnc2nc(-c3ccc(N4B5c6ccccc6-c6ccccc6N5c5ccccc54)cc3)n(-c3ccccc3)c2c1. The van der Waals surface area contributed by atoms with Gasteiger partial charge < -0.3 is 9.62 Å². The van der Waals surface area contributed by atoms with Gasteiger partial charge in [0.2, 0.25) is 0 Å². The van der Waals surface area contributed by atoms with Gasteiger partial charge in [0.15, 0.2) is 5.65 Å². The number of imidazole rings is 1. The molecular weight excluding hydrogens is 539 g/mol. The molecule has 0 fully saturated rings.